The summed E-state index contributed by atoms with van der Waals surface area (Å²) < 4.78 is 2.78. The average Bonchev–Trinajstić information content (AvgIpc) is 2.64. The van der Waals surface area contributed by atoms with Gasteiger partial charge in [-0.25, -0.2) is 0 Å². The van der Waals surface area contributed by atoms with Crippen molar-refractivity contribution in [2.75, 3.05) is 22.9 Å². The van der Waals surface area contributed by atoms with Gasteiger partial charge >= 0.3 is 183 Å². The Morgan fingerprint density at radius 2 is 1.08 bits per heavy atom. The molecule has 0 aliphatic carbocycles. The van der Waals surface area contributed by atoms with E-state index in [2.05, 4.69) is 94.3 Å². The summed E-state index contributed by atoms with van der Waals surface area (Å²) in [6.45, 7) is 2.33. The number of rotatable bonds is 6. The van der Waals surface area contributed by atoms with E-state index in [1.165, 1.54) is 19.2 Å². The molecule has 0 unspecified atom stereocenters. The van der Waals surface area contributed by atoms with E-state index < -0.39 is 44.3 Å². The van der Waals surface area contributed by atoms with Crippen LogP contribution >= 0.6 is 23.8 Å². The van der Waals surface area contributed by atoms with Crippen LogP contribution in [0.15, 0.2) is 60.7 Å². The Bertz CT molecular complexity index is 559. The molecule has 24 heavy (non-hydrogen) atoms. The van der Waals surface area contributed by atoms with E-state index >= 15 is 0 Å². The Kier molecular flexibility index (Phi) is 8.40. The molecular weight excluding hydrogens is 805 g/mol. The second kappa shape index (κ2) is 10.3. The third-order valence-corrected chi connectivity index (χ3v) is 19.7. The zero-order valence-electron chi connectivity index (χ0n) is 13.8. The summed E-state index contributed by atoms with van der Waals surface area (Å²) in [5, 5.41) is 0. The van der Waals surface area contributed by atoms with E-state index in [1.54, 1.807) is 0 Å². The summed E-state index contributed by atoms with van der Waals surface area (Å²) in [7, 11) is 0. The summed E-state index contributed by atoms with van der Waals surface area (Å²) in [6, 6.07) is 23.4. The third kappa shape index (κ3) is 4.98. The van der Waals surface area contributed by atoms with E-state index in [0.29, 0.717) is 12.1 Å². The van der Waals surface area contributed by atoms with Gasteiger partial charge in [-0.2, -0.15) is 0 Å². The van der Waals surface area contributed by atoms with E-state index in [4.69, 9.17) is 0 Å². The first kappa shape index (κ1) is 19.6. The van der Waals surface area contributed by atoms with Crippen LogP contribution in [-0.4, -0.2) is 25.2 Å². The number of hydrogen-bond donors (Lipinski definition) is 0. The van der Waals surface area contributed by atoms with Crippen molar-refractivity contribution in [2.45, 2.75) is 19.9 Å². The van der Waals surface area contributed by atoms with Crippen LogP contribution in [0.25, 0.3) is 0 Å². The Balaban J connectivity index is 1.88. The van der Waals surface area contributed by atoms with Gasteiger partial charge in [-0.05, 0) is 0 Å². The van der Waals surface area contributed by atoms with Crippen LogP contribution in [0.4, 0.5) is 11.4 Å². The maximum absolute atomic E-state index is 3.89. The van der Waals surface area contributed by atoms with Crippen molar-refractivity contribution < 1.29 is 44.3 Å². The van der Waals surface area contributed by atoms with Crippen molar-refractivity contribution in [3.8, 4) is 0 Å². The molecule has 0 aromatic heterocycles. The van der Waals surface area contributed by atoms with Crippen molar-refractivity contribution >= 4 is 35.2 Å². The standard InChI is InChI=1S/C18H20N2.2BrH.2Hg/c1-15-13-20(18-11-7-4-8-12-18)16(2)14-19(15)17-9-5-3-6-10-17;;;;/h3-12,15-16H,1-2,13-14H2;2*1H;;/q;;;2*+1/p-2/t15-,16+;;;;. The second-order valence-corrected chi connectivity index (χ2v) is 27.6. The molecule has 0 spiro atoms. The molecule has 2 nitrogen and oxygen atoms in total. The summed E-state index contributed by atoms with van der Waals surface area (Å²) in [4.78, 5) is 5.39. The molecule has 2 atom stereocenters. The number of piperazine rings is 1. The molecule has 0 amide bonds. The van der Waals surface area contributed by atoms with Crippen LogP contribution in [0, 0.1) is 0 Å². The maximum atomic E-state index is 3.89. The minimum absolute atomic E-state index is 0.650. The minimum atomic E-state index is -0.868. The molecule has 120 valence electrons. The summed E-state index contributed by atoms with van der Waals surface area (Å²) in [5.74, 6) is 0. The molecule has 6 heteroatoms. The average molecular weight is 825 g/mol. The normalized spacial score (nSPS) is 20.4. The van der Waals surface area contributed by atoms with Gasteiger partial charge in [0.2, 0.25) is 0 Å². The van der Waals surface area contributed by atoms with Crippen LogP contribution < -0.4 is 9.80 Å². The molecule has 1 aliphatic rings. The Hall–Kier alpha value is 0.870. The van der Waals surface area contributed by atoms with Crippen LogP contribution in [0.1, 0.15) is 0 Å². The number of para-hydroxylation sites is 2. The fourth-order valence-electron chi connectivity index (χ4n) is 3.57. The first-order valence-corrected chi connectivity index (χ1v) is 40.2. The van der Waals surface area contributed by atoms with Gasteiger partial charge in [0.05, 0.1) is 0 Å². The number of benzene rings is 2. The molecule has 1 aliphatic heterocycles. The summed E-state index contributed by atoms with van der Waals surface area (Å²) in [6.07, 6.45) is 0. The number of anilines is 2. The zero-order valence-corrected chi connectivity index (χ0v) is 28.0. The Morgan fingerprint density at radius 3 is 1.42 bits per heavy atom. The number of hydrogen-bond acceptors (Lipinski definition) is 2. The van der Waals surface area contributed by atoms with Gasteiger partial charge in [0.15, 0.2) is 0 Å². The molecular formula is C18H20Br2Hg2N2. The van der Waals surface area contributed by atoms with Crippen molar-refractivity contribution in [1.29, 1.82) is 0 Å². The molecule has 1 heterocycles. The van der Waals surface area contributed by atoms with Crippen molar-refractivity contribution in [2.24, 2.45) is 0 Å². The topological polar surface area (TPSA) is 6.48 Å². The first-order valence-electron chi connectivity index (χ1n) is 8.58. The predicted octanol–water partition coefficient (Wildman–Crippen LogP) is 5.37. The van der Waals surface area contributed by atoms with Crippen molar-refractivity contribution in [3.05, 3.63) is 60.7 Å². The molecule has 0 bridgehead atoms. The quantitative estimate of drug-likeness (QED) is 0.362. The number of nitrogens with zero attached hydrogens (tertiary/aromatic N) is 2. The fraction of sp³-hybridized carbons (Fsp3) is 0.333. The van der Waals surface area contributed by atoms with Crippen LogP contribution in [-0.2, 0) is 44.3 Å². The van der Waals surface area contributed by atoms with Crippen molar-refractivity contribution in [3.63, 3.8) is 0 Å². The van der Waals surface area contributed by atoms with E-state index in [-0.39, 0.29) is 0 Å². The number of halogens is 2. The summed E-state index contributed by atoms with van der Waals surface area (Å²) in [5.41, 5.74) is 2.81. The monoisotopic (exact) mass is 826 g/mol. The van der Waals surface area contributed by atoms with E-state index in [0.717, 1.165) is 13.1 Å². The van der Waals surface area contributed by atoms with Crippen LogP contribution in [0.2, 0.25) is 7.86 Å². The van der Waals surface area contributed by atoms with Gasteiger partial charge in [-0.1, -0.05) is 0 Å². The van der Waals surface area contributed by atoms with Gasteiger partial charge in [0, 0.05) is 0 Å². The molecule has 2 aromatic rings. The van der Waals surface area contributed by atoms with Crippen molar-refractivity contribution in [1.82, 2.24) is 0 Å². The SMILES string of the molecule is [Br][Hg][CH2][C@@H]1CN(c2ccccc2)[C@@H]([CH2][Hg][Br])CN1c1ccccc1. The van der Waals surface area contributed by atoms with Gasteiger partial charge in [-0.15, -0.1) is 0 Å². The van der Waals surface area contributed by atoms with Crippen LogP contribution in [0.3, 0.4) is 0 Å². The fourth-order valence-corrected chi connectivity index (χ4v) is 18.6. The van der Waals surface area contributed by atoms with Gasteiger partial charge in [0.25, 0.3) is 0 Å². The van der Waals surface area contributed by atoms with Gasteiger partial charge in [0.1, 0.15) is 0 Å². The molecule has 0 radical (unpaired) electrons. The molecule has 1 saturated heterocycles. The first-order chi connectivity index (χ1) is 11.8. The molecule has 2 aromatic carbocycles. The van der Waals surface area contributed by atoms with Gasteiger partial charge < -0.3 is 0 Å². The van der Waals surface area contributed by atoms with Gasteiger partial charge in [-0.3, -0.25) is 0 Å². The van der Waals surface area contributed by atoms with E-state index in [9.17, 15) is 0 Å². The molecule has 0 N–H and O–H groups in total. The molecule has 1 fully saturated rings. The van der Waals surface area contributed by atoms with Crippen LogP contribution in [0.5, 0.6) is 0 Å². The third-order valence-electron chi connectivity index (χ3n) is 4.76. The Labute approximate surface area is 180 Å². The molecule has 0 saturated carbocycles. The predicted molar refractivity (Wildman–Crippen MR) is 103 cm³/mol. The molecule has 3 rings (SSSR count). The summed E-state index contributed by atoms with van der Waals surface area (Å²) >= 11 is 6.04. The Morgan fingerprint density at radius 1 is 0.708 bits per heavy atom. The second-order valence-electron chi connectivity index (χ2n) is 6.24. The van der Waals surface area contributed by atoms with E-state index in [1.807, 2.05) is 0 Å². The zero-order chi connectivity index (χ0) is 16.8.